The molecule has 132 valence electrons. The van der Waals surface area contributed by atoms with Crippen LogP contribution in [-0.4, -0.2) is 12.5 Å². The molecule has 1 unspecified atom stereocenters. The van der Waals surface area contributed by atoms with Crippen LogP contribution in [0.2, 0.25) is 5.02 Å². The van der Waals surface area contributed by atoms with Gasteiger partial charge in [0.05, 0.1) is 12.3 Å². The Morgan fingerprint density at radius 2 is 1.88 bits per heavy atom. The molecule has 0 aliphatic carbocycles. The van der Waals surface area contributed by atoms with Crippen molar-refractivity contribution in [1.82, 2.24) is 0 Å². The van der Waals surface area contributed by atoms with Gasteiger partial charge in [0.25, 0.3) is 0 Å². The van der Waals surface area contributed by atoms with E-state index in [2.05, 4.69) is 22.8 Å². The van der Waals surface area contributed by atoms with E-state index in [1.807, 2.05) is 43.3 Å². The minimum absolute atomic E-state index is 0.0463. The van der Waals surface area contributed by atoms with Crippen LogP contribution in [0.15, 0.2) is 53.9 Å². The smallest absolute Gasteiger partial charge is 0.225 e. The van der Waals surface area contributed by atoms with Gasteiger partial charge in [-0.25, -0.2) is 0 Å². The molecule has 5 heteroatoms. The summed E-state index contributed by atoms with van der Waals surface area (Å²) in [4.78, 5) is 13.6. The largest absolute Gasteiger partial charge is 0.494 e. The zero-order valence-electron chi connectivity index (χ0n) is 14.3. The number of halogens is 1. The van der Waals surface area contributed by atoms with E-state index in [4.69, 9.17) is 16.3 Å². The Kier molecular flexibility index (Phi) is 4.70. The molecule has 1 atom stereocenters. The molecule has 3 nitrogen and oxygen atoms in total. The highest BCUT2D eigenvalue weighted by Crippen LogP contribution is 2.46. The highest BCUT2D eigenvalue weighted by molar-refractivity contribution is 7.11. The van der Waals surface area contributed by atoms with E-state index in [1.165, 1.54) is 4.88 Å². The number of rotatable bonds is 4. The van der Waals surface area contributed by atoms with Crippen LogP contribution >= 0.6 is 22.9 Å². The van der Waals surface area contributed by atoms with Crippen LogP contribution in [-0.2, 0) is 4.79 Å². The van der Waals surface area contributed by atoms with E-state index < -0.39 is 0 Å². The van der Waals surface area contributed by atoms with Crippen LogP contribution in [0, 0.1) is 0 Å². The van der Waals surface area contributed by atoms with Gasteiger partial charge in [-0.15, -0.1) is 11.3 Å². The van der Waals surface area contributed by atoms with E-state index in [0.717, 1.165) is 28.1 Å². The summed E-state index contributed by atoms with van der Waals surface area (Å²) in [6.07, 6.45) is 0.460. The summed E-state index contributed by atoms with van der Waals surface area (Å²) in [6.45, 7) is 2.61. The molecule has 0 fully saturated rings. The average molecular weight is 384 g/mol. The molecule has 2 aromatic carbocycles. The van der Waals surface area contributed by atoms with Crippen LogP contribution in [0.5, 0.6) is 5.75 Å². The van der Waals surface area contributed by atoms with Crippen molar-refractivity contribution in [3.05, 3.63) is 69.4 Å². The molecule has 1 aromatic heterocycles. The van der Waals surface area contributed by atoms with Gasteiger partial charge in [0, 0.05) is 33.2 Å². The second-order valence-corrected chi connectivity index (χ2v) is 7.55. The molecule has 0 saturated heterocycles. The second-order valence-electron chi connectivity index (χ2n) is 6.20. The Labute approximate surface area is 161 Å². The highest BCUT2D eigenvalue weighted by Gasteiger charge is 2.30. The summed E-state index contributed by atoms with van der Waals surface area (Å²) in [6, 6.07) is 15.8. The van der Waals surface area contributed by atoms with E-state index >= 15 is 0 Å². The van der Waals surface area contributed by atoms with Gasteiger partial charge in [0.2, 0.25) is 5.91 Å². The number of amides is 1. The Morgan fingerprint density at radius 1 is 1.15 bits per heavy atom. The van der Waals surface area contributed by atoms with Crippen molar-refractivity contribution >= 4 is 34.5 Å². The van der Waals surface area contributed by atoms with E-state index in [-0.39, 0.29) is 11.8 Å². The topological polar surface area (TPSA) is 38.3 Å². The summed E-state index contributed by atoms with van der Waals surface area (Å²) in [5, 5.41) is 5.88. The first-order chi connectivity index (χ1) is 12.7. The number of anilines is 1. The van der Waals surface area contributed by atoms with Crippen molar-refractivity contribution in [3.63, 3.8) is 0 Å². The van der Waals surface area contributed by atoms with Crippen LogP contribution in [0.3, 0.4) is 0 Å². The molecule has 0 bridgehead atoms. The Morgan fingerprint density at radius 3 is 2.58 bits per heavy atom. The predicted octanol–water partition coefficient (Wildman–Crippen LogP) is 5.94. The summed E-state index contributed by atoms with van der Waals surface area (Å²) in [5.74, 6) is 0.968. The van der Waals surface area contributed by atoms with Crippen LogP contribution in [0.25, 0.3) is 11.1 Å². The van der Waals surface area contributed by atoms with Crippen molar-refractivity contribution < 1.29 is 9.53 Å². The number of hydrogen-bond donors (Lipinski definition) is 1. The van der Waals surface area contributed by atoms with Gasteiger partial charge in [-0.3, -0.25) is 4.79 Å². The minimum atomic E-state index is 0.0463. The lowest BCUT2D eigenvalue weighted by molar-refractivity contribution is -0.116. The SMILES string of the molecule is CCOc1ccc(C2CC(=O)Nc3c(-c4ccc(Cl)cc4)csc32)cc1. The molecule has 1 amide bonds. The summed E-state index contributed by atoms with van der Waals surface area (Å²) in [7, 11) is 0. The fourth-order valence-electron chi connectivity index (χ4n) is 3.30. The number of nitrogens with one attached hydrogen (secondary N) is 1. The summed E-state index contributed by atoms with van der Waals surface area (Å²) < 4.78 is 5.52. The number of carbonyl (C=O) groups is 1. The summed E-state index contributed by atoms with van der Waals surface area (Å²) in [5.41, 5.74) is 4.16. The molecule has 4 rings (SSSR count). The van der Waals surface area contributed by atoms with Gasteiger partial charge in [0.15, 0.2) is 0 Å². The Hall–Kier alpha value is -2.30. The van der Waals surface area contributed by atoms with Crippen molar-refractivity contribution in [1.29, 1.82) is 0 Å². The first kappa shape index (κ1) is 17.1. The first-order valence-corrected chi connectivity index (χ1v) is 9.81. The number of hydrogen-bond acceptors (Lipinski definition) is 3. The van der Waals surface area contributed by atoms with Gasteiger partial charge < -0.3 is 10.1 Å². The Bertz CT molecular complexity index is 932. The molecule has 1 aliphatic rings. The molecule has 0 spiro atoms. The van der Waals surface area contributed by atoms with Gasteiger partial charge in [-0.1, -0.05) is 35.9 Å². The normalized spacial score (nSPS) is 16.1. The van der Waals surface area contributed by atoms with E-state index in [0.29, 0.717) is 18.1 Å². The molecular weight excluding hydrogens is 366 g/mol. The van der Waals surface area contributed by atoms with Gasteiger partial charge in [-0.2, -0.15) is 0 Å². The molecule has 1 N–H and O–H groups in total. The molecule has 0 radical (unpaired) electrons. The molecule has 26 heavy (non-hydrogen) atoms. The maximum atomic E-state index is 12.4. The zero-order valence-corrected chi connectivity index (χ0v) is 15.9. The molecule has 3 aromatic rings. The third-order valence-corrected chi connectivity index (χ3v) is 5.89. The van der Waals surface area contributed by atoms with Crippen molar-refractivity contribution in [2.45, 2.75) is 19.3 Å². The maximum absolute atomic E-state index is 12.4. The quantitative estimate of drug-likeness (QED) is 0.605. The van der Waals surface area contributed by atoms with Crippen LogP contribution in [0.4, 0.5) is 5.69 Å². The highest BCUT2D eigenvalue weighted by atomic mass is 35.5. The number of thiophene rings is 1. The van der Waals surface area contributed by atoms with Crippen molar-refractivity contribution in [3.8, 4) is 16.9 Å². The number of carbonyl (C=O) groups excluding carboxylic acids is 1. The zero-order chi connectivity index (χ0) is 18.1. The van der Waals surface area contributed by atoms with Crippen molar-refractivity contribution in [2.24, 2.45) is 0 Å². The van der Waals surface area contributed by atoms with Crippen molar-refractivity contribution in [2.75, 3.05) is 11.9 Å². The van der Waals surface area contributed by atoms with E-state index in [1.54, 1.807) is 11.3 Å². The fraction of sp³-hybridized carbons (Fsp3) is 0.190. The third-order valence-electron chi connectivity index (χ3n) is 4.54. The Balaban J connectivity index is 1.72. The number of benzene rings is 2. The molecule has 0 saturated carbocycles. The molecule has 2 heterocycles. The van der Waals surface area contributed by atoms with Gasteiger partial charge in [0.1, 0.15) is 5.75 Å². The van der Waals surface area contributed by atoms with Gasteiger partial charge >= 0.3 is 0 Å². The lowest BCUT2D eigenvalue weighted by Crippen LogP contribution is -2.22. The maximum Gasteiger partial charge on any atom is 0.225 e. The van der Waals surface area contributed by atoms with Gasteiger partial charge in [-0.05, 0) is 42.3 Å². The van der Waals surface area contributed by atoms with E-state index in [9.17, 15) is 4.79 Å². The van der Waals surface area contributed by atoms with Crippen LogP contribution < -0.4 is 10.1 Å². The predicted molar refractivity (Wildman–Crippen MR) is 107 cm³/mol. The second kappa shape index (κ2) is 7.14. The third kappa shape index (κ3) is 3.22. The summed E-state index contributed by atoms with van der Waals surface area (Å²) >= 11 is 7.69. The standard InChI is InChI=1S/C21H18ClNO2S/c1-2-25-16-9-5-13(6-10-16)17-11-19(24)23-20-18(12-26-21(17)20)14-3-7-15(22)8-4-14/h3-10,12,17H,2,11H2,1H3,(H,23,24). The van der Waals surface area contributed by atoms with Crippen LogP contribution in [0.1, 0.15) is 29.7 Å². The number of ether oxygens (including phenoxy) is 1. The minimum Gasteiger partial charge on any atom is -0.494 e. The lowest BCUT2D eigenvalue weighted by Gasteiger charge is -2.24. The molecule has 1 aliphatic heterocycles. The lowest BCUT2D eigenvalue weighted by atomic mass is 9.89. The fourth-order valence-corrected chi connectivity index (χ4v) is 4.59. The monoisotopic (exact) mass is 383 g/mol. The number of fused-ring (bicyclic) bond motifs is 1. The molecular formula is C21H18ClNO2S. The average Bonchev–Trinajstić information content (AvgIpc) is 3.06. The first-order valence-electron chi connectivity index (χ1n) is 8.55.